The maximum atomic E-state index is 8.55. The van der Waals surface area contributed by atoms with Crippen LogP contribution in [0.4, 0.5) is 0 Å². The van der Waals surface area contributed by atoms with Crippen LogP contribution >= 0.6 is 7.82 Å². The molecule has 0 heterocycles. The van der Waals surface area contributed by atoms with Crippen molar-refractivity contribution in [1.82, 2.24) is 0 Å². The Morgan fingerprint density at radius 1 is 0.677 bits per heavy atom. The van der Waals surface area contributed by atoms with E-state index in [2.05, 4.69) is 51.4 Å². The molecular weight excluding hydrogens is 409 g/mol. The lowest BCUT2D eigenvalue weighted by Gasteiger charge is -2.36. The van der Waals surface area contributed by atoms with E-state index in [0.29, 0.717) is 0 Å². The molecule has 31 heavy (non-hydrogen) atoms. The first-order valence-corrected chi connectivity index (χ1v) is 13.7. The fourth-order valence-corrected chi connectivity index (χ4v) is 3.89. The summed E-state index contributed by atoms with van der Waals surface area (Å²) < 4.78 is 9.66. The maximum absolute atomic E-state index is 8.55. The van der Waals surface area contributed by atoms with Crippen LogP contribution in [0.15, 0.2) is 30.3 Å². The van der Waals surface area contributed by atoms with E-state index in [0.717, 1.165) is 11.0 Å². The van der Waals surface area contributed by atoms with Crippen LogP contribution < -0.4 is 14.7 Å². The number of phosphoric acid groups is 1. The zero-order valence-electron chi connectivity index (χ0n) is 20.2. The predicted molar refractivity (Wildman–Crippen MR) is 125 cm³/mol. The van der Waals surface area contributed by atoms with Crippen molar-refractivity contribution in [2.75, 3.05) is 20.6 Å². The third-order valence-electron chi connectivity index (χ3n) is 5.57. The Bertz CT molecular complexity index is 552. The highest BCUT2D eigenvalue weighted by Gasteiger charge is 2.14. The number of hydrogen-bond donors (Lipinski definition) is 0. The summed E-state index contributed by atoms with van der Waals surface area (Å²) in [6, 6.07) is 10.9. The normalized spacial score (nSPS) is 11.8. The highest BCUT2D eigenvalue weighted by molar-refractivity contribution is 7.40. The Labute approximate surface area is 191 Å². The lowest BCUT2D eigenvalue weighted by molar-refractivity contribution is -0.903. The van der Waals surface area contributed by atoms with Gasteiger partial charge in [-0.2, -0.15) is 7.82 Å². The van der Waals surface area contributed by atoms with Gasteiger partial charge >= 0.3 is 0 Å². The first kappa shape index (κ1) is 30.3. The summed E-state index contributed by atoms with van der Waals surface area (Å²) in [5, 5.41) is 0. The first-order chi connectivity index (χ1) is 14.6. The van der Waals surface area contributed by atoms with E-state index in [1.54, 1.807) is 0 Å². The van der Waals surface area contributed by atoms with Crippen LogP contribution in [0.25, 0.3) is 0 Å². The van der Waals surface area contributed by atoms with Crippen molar-refractivity contribution in [3.05, 3.63) is 35.9 Å². The predicted octanol–water partition coefficient (Wildman–Crippen LogP) is 4.92. The number of unbranched alkanes of at least 4 members (excludes halogenated alkanes) is 13. The lowest BCUT2D eigenvalue weighted by Crippen LogP contribution is -2.39. The molecule has 0 N–H and O–H groups in total. The molecule has 0 aliphatic heterocycles. The molecule has 0 bridgehead atoms. The minimum absolute atomic E-state index is 1.11. The van der Waals surface area contributed by atoms with Crippen molar-refractivity contribution >= 4 is 7.82 Å². The number of benzene rings is 1. The average molecular weight is 456 g/mol. The highest BCUT2D eigenvalue weighted by Crippen LogP contribution is 2.15. The van der Waals surface area contributed by atoms with Gasteiger partial charge in [-0.3, -0.25) is 0 Å². The van der Waals surface area contributed by atoms with E-state index in [-0.39, 0.29) is 0 Å². The van der Waals surface area contributed by atoms with Gasteiger partial charge in [-0.25, -0.2) is 0 Å². The molecule has 6 heteroatoms. The summed E-state index contributed by atoms with van der Waals surface area (Å²) in [5.74, 6) is 0. The van der Waals surface area contributed by atoms with Gasteiger partial charge in [0.2, 0.25) is 0 Å². The topological polar surface area (TPSA) is 86.2 Å². The second kappa shape index (κ2) is 18.8. The van der Waals surface area contributed by atoms with E-state index in [1.165, 1.54) is 102 Å². The second-order valence-electron chi connectivity index (χ2n) is 9.35. The van der Waals surface area contributed by atoms with E-state index in [9.17, 15) is 0 Å². The van der Waals surface area contributed by atoms with Crippen LogP contribution in [0.1, 0.15) is 102 Å². The average Bonchev–Trinajstić information content (AvgIpc) is 2.67. The fraction of sp³-hybridized carbons (Fsp3) is 0.760. The first-order valence-electron chi connectivity index (χ1n) is 12.2. The molecule has 0 atom stereocenters. The summed E-state index contributed by atoms with van der Waals surface area (Å²) in [7, 11) is -0.648. The number of quaternary nitrogens is 1. The van der Waals surface area contributed by atoms with Crippen LogP contribution in [0.5, 0.6) is 0 Å². The Morgan fingerprint density at radius 3 is 1.42 bits per heavy atom. The standard InChI is InChI=1S/C25H46N.H3O4P/c1-4-5-6-7-8-9-10-11-12-13-14-15-16-20-23-26(2,3)24-25-21-18-17-19-22-25;1-5(2,3)4/h17-19,21-22H,4-16,20,23-24H2,1-3H3;(H3,1,2,3,4)/q+1;/p-3. The zero-order chi connectivity index (χ0) is 23.4. The molecule has 0 unspecified atom stereocenters. The molecule has 1 aromatic carbocycles. The van der Waals surface area contributed by atoms with Crippen LogP contribution in [0.3, 0.4) is 0 Å². The molecular formula is C25H46NO4P-2. The summed E-state index contributed by atoms with van der Waals surface area (Å²) in [6.07, 6.45) is 20.2. The van der Waals surface area contributed by atoms with E-state index < -0.39 is 7.82 Å². The molecule has 0 amide bonds. The molecule has 1 aromatic rings. The second-order valence-corrected chi connectivity index (χ2v) is 10.2. The fourth-order valence-electron chi connectivity index (χ4n) is 3.89. The molecule has 0 spiro atoms. The van der Waals surface area contributed by atoms with E-state index in [1.807, 2.05) is 0 Å². The van der Waals surface area contributed by atoms with Gasteiger partial charge in [-0.1, -0.05) is 114 Å². The summed E-state index contributed by atoms with van der Waals surface area (Å²) in [6.45, 7) is 4.75. The van der Waals surface area contributed by atoms with Crippen molar-refractivity contribution in [2.24, 2.45) is 0 Å². The van der Waals surface area contributed by atoms with Crippen molar-refractivity contribution in [3.63, 3.8) is 0 Å². The monoisotopic (exact) mass is 455 g/mol. The lowest BCUT2D eigenvalue weighted by atomic mass is 10.0. The van der Waals surface area contributed by atoms with Gasteiger partial charge in [0.05, 0.1) is 20.6 Å². The molecule has 0 aliphatic carbocycles. The van der Waals surface area contributed by atoms with Gasteiger partial charge in [0, 0.05) is 5.56 Å². The van der Waals surface area contributed by atoms with Crippen molar-refractivity contribution in [2.45, 2.75) is 103 Å². The maximum Gasteiger partial charge on any atom is 0.104 e. The van der Waals surface area contributed by atoms with Crippen molar-refractivity contribution in [3.8, 4) is 0 Å². The van der Waals surface area contributed by atoms with Gasteiger partial charge in [0.25, 0.3) is 0 Å². The highest BCUT2D eigenvalue weighted by atomic mass is 31.2. The molecule has 0 radical (unpaired) electrons. The smallest absolute Gasteiger partial charge is 0.104 e. The Hall–Kier alpha value is -0.710. The molecule has 0 fully saturated rings. The van der Waals surface area contributed by atoms with Gasteiger partial charge in [0.1, 0.15) is 6.54 Å². The summed E-state index contributed by atoms with van der Waals surface area (Å²) in [5.41, 5.74) is 1.46. The van der Waals surface area contributed by atoms with Gasteiger partial charge in [0.15, 0.2) is 0 Å². The molecule has 0 saturated heterocycles. The van der Waals surface area contributed by atoms with E-state index >= 15 is 0 Å². The van der Waals surface area contributed by atoms with Crippen LogP contribution in [-0.4, -0.2) is 25.1 Å². The quantitative estimate of drug-likeness (QED) is 0.190. The van der Waals surface area contributed by atoms with Crippen molar-refractivity contribution in [1.29, 1.82) is 0 Å². The Balaban J connectivity index is 0.00000161. The molecule has 0 saturated carbocycles. The van der Waals surface area contributed by atoms with Crippen LogP contribution in [0.2, 0.25) is 0 Å². The molecule has 1 rings (SSSR count). The van der Waals surface area contributed by atoms with E-state index in [4.69, 9.17) is 19.2 Å². The molecule has 182 valence electrons. The van der Waals surface area contributed by atoms with Crippen LogP contribution in [-0.2, 0) is 11.1 Å². The SMILES string of the molecule is CCCCCCCCCCCCCCCC[N+](C)(C)Cc1ccccc1.O=P([O-])([O-])[O-]. The van der Waals surface area contributed by atoms with Gasteiger partial charge in [-0.05, 0) is 12.8 Å². The molecule has 0 aliphatic rings. The number of nitrogens with zero attached hydrogens (tertiary/aromatic N) is 1. The Kier molecular flexibility index (Phi) is 18.4. The summed E-state index contributed by atoms with van der Waals surface area (Å²) >= 11 is 0. The molecule has 5 nitrogen and oxygen atoms in total. The number of rotatable bonds is 17. The third kappa shape index (κ3) is 25.4. The third-order valence-corrected chi connectivity index (χ3v) is 5.57. The van der Waals surface area contributed by atoms with Crippen LogP contribution in [0, 0.1) is 0 Å². The summed E-state index contributed by atoms with van der Waals surface area (Å²) in [4.78, 5) is 25.6. The molecule has 0 aromatic heterocycles. The minimum atomic E-state index is -5.39. The Morgan fingerprint density at radius 2 is 1.03 bits per heavy atom. The minimum Gasteiger partial charge on any atom is -0.822 e. The largest absolute Gasteiger partial charge is 0.822 e. The zero-order valence-corrected chi connectivity index (χ0v) is 21.1. The van der Waals surface area contributed by atoms with Gasteiger partial charge in [-0.15, -0.1) is 0 Å². The number of hydrogen-bond acceptors (Lipinski definition) is 4. The van der Waals surface area contributed by atoms with Gasteiger partial charge < -0.3 is 23.7 Å². The van der Waals surface area contributed by atoms with Crippen molar-refractivity contribution < 1.29 is 23.7 Å².